The number of carbonyl (C=O) groups excluding carboxylic acids is 1. The second-order valence-electron chi connectivity index (χ2n) is 5.88. The Hall–Kier alpha value is -2.78. The number of hydrogen-bond donors (Lipinski definition) is 1. The zero-order chi connectivity index (χ0) is 19.1. The van der Waals surface area contributed by atoms with Crippen LogP contribution in [0, 0.1) is 6.92 Å². The van der Waals surface area contributed by atoms with E-state index in [-0.39, 0.29) is 19.6 Å². The van der Waals surface area contributed by atoms with Crippen molar-refractivity contribution in [2.24, 2.45) is 5.11 Å². The van der Waals surface area contributed by atoms with E-state index < -0.39 is 35.8 Å². The van der Waals surface area contributed by atoms with Gasteiger partial charge in [-0.2, -0.15) is 0 Å². The minimum absolute atomic E-state index is 0.178. The first kappa shape index (κ1) is 19.5. The minimum atomic E-state index is -0.831. The average molecular weight is 367 g/mol. The number of aromatic nitrogens is 2. The van der Waals surface area contributed by atoms with Crippen molar-refractivity contribution in [1.29, 1.82) is 0 Å². The summed E-state index contributed by atoms with van der Waals surface area (Å²) < 4.78 is 16.8. The number of azide groups is 1. The molecule has 0 aromatic carbocycles. The van der Waals surface area contributed by atoms with Crippen LogP contribution in [0.4, 0.5) is 4.79 Å². The third kappa shape index (κ3) is 4.87. The Balaban J connectivity index is 2.05. The zero-order valence-electron chi connectivity index (χ0n) is 14.6. The number of carbonyl (C=O) groups is 1. The number of H-pyrrole nitrogens is 1. The Morgan fingerprint density at radius 2 is 2.27 bits per heavy atom. The molecular weight excluding hydrogens is 346 g/mol. The topological polar surface area (TPSA) is 148 Å². The smallest absolute Gasteiger partial charge is 0.434 e. The molecule has 1 aromatic heterocycles. The third-order valence-corrected chi connectivity index (χ3v) is 3.94. The number of nitrogens with zero attached hydrogens (tertiary/aromatic N) is 4. The highest BCUT2D eigenvalue weighted by Gasteiger charge is 2.37. The standard InChI is InChI=1S/C15H21N5O6/c1-3-4-5-24-15(23)25-8-11-10(18-19-16)6-12(26-11)20-7-9(2)13(21)17-14(20)22/h7,10-12H,3-6,8H2,1-2H3,(H,17,21,22)/t10-,11+,12+/m0/s1. The fourth-order valence-corrected chi connectivity index (χ4v) is 2.52. The van der Waals surface area contributed by atoms with Gasteiger partial charge in [-0.15, -0.1) is 0 Å². The lowest BCUT2D eigenvalue weighted by molar-refractivity contribution is -0.0423. The van der Waals surface area contributed by atoms with Crippen molar-refractivity contribution in [2.45, 2.75) is 51.5 Å². The van der Waals surface area contributed by atoms with Crippen LogP contribution in [0.25, 0.3) is 10.4 Å². The van der Waals surface area contributed by atoms with Crippen LogP contribution >= 0.6 is 0 Å². The van der Waals surface area contributed by atoms with Gasteiger partial charge in [0.25, 0.3) is 5.56 Å². The Morgan fingerprint density at radius 3 is 2.96 bits per heavy atom. The molecule has 1 saturated heterocycles. The number of unbranched alkanes of at least 4 members (excludes halogenated alkanes) is 1. The van der Waals surface area contributed by atoms with Crippen molar-refractivity contribution in [3.05, 3.63) is 43.0 Å². The van der Waals surface area contributed by atoms with Crippen LogP contribution in [-0.4, -0.2) is 41.1 Å². The Morgan fingerprint density at radius 1 is 1.50 bits per heavy atom. The highest BCUT2D eigenvalue weighted by Crippen LogP contribution is 2.30. The second-order valence-corrected chi connectivity index (χ2v) is 5.88. The van der Waals surface area contributed by atoms with E-state index >= 15 is 0 Å². The van der Waals surface area contributed by atoms with Crippen LogP contribution in [-0.2, 0) is 14.2 Å². The lowest BCUT2D eigenvalue weighted by atomic mass is 10.1. The van der Waals surface area contributed by atoms with Gasteiger partial charge >= 0.3 is 11.8 Å². The second kappa shape index (κ2) is 9.07. The summed E-state index contributed by atoms with van der Waals surface area (Å²) in [6.07, 6.45) is 0.879. The molecule has 0 spiro atoms. The van der Waals surface area contributed by atoms with Crippen LogP contribution in [0.3, 0.4) is 0 Å². The van der Waals surface area contributed by atoms with Gasteiger partial charge in [0.2, 0.25) is 0 Å². The molecule has 0 amide bonds. The summed E-state index contributed by atoms with van der Waals surface area (Å²) in [5.74, 6) is 0. The van der Waals surface area contributed by atoms with E-state index in [2.05, 4.69) is 15.0 Å². The van der Waals surface area contributed by atoms with Gasteiger partial charge in [0, 0.05) is 23.1 Å². The van der Waals surface area contributed by atoms with E-state index in [1.54, 1.807) is 6.92 Å². The van der Waals surface area contributed by atoms with E-state index in [4.69, 9.17) is 19.7 Å². The van der Waals surface area contributed by atoms with Crippen molar-refractivity contribution >= 4 is 6.16 Å². The first-order valence-corrected chi connectivity index (χ1v) is 8.27. The largest absolute Gasteiger partial charge is 0.508 e. The molecule has 0 saturated carbocycles. The van der Waals surface area contributed by atoms with Crippen molar-refractivity contribution in [3.63, 3.8) is 0 Å². The fraction of sp³-hybridized carbons (Fsp3) is 0.667. The molecule has 3 atom stereocenters. The molecule has 1 aliphatic heterocycles. The van der Waals surface area contributed by atoms with E-state index in [9.17, 15) is 14.4 Å². The monoisotopic (exact) mass is 367 g/mol. The summed E-state index contributed by atoms with van der Waals surface area (Å²) >= 11 is 0. The molecule has 1 fully saturated rings. The maximum Gasteiger partial charge on any atom is 0.508 e. The van der Waals surface area contributed by atoms with Crippen LogP contribution < -0.4 is 11.2 Å². The normalized spacial score (nSPS) is 21.8. The molecule has 0 radical (unpaired) electrons. The number of hydrogen-bond acceptors (Lipinski definition) is 7. The van der Waals surface area contributed by atoms with Gasteiger partial charge < -0.3 is 14.2 Å². The summed E-state index contributed by atoms with van der Waals surface area (Å²) in [6, 6.07) is -0.632. The highest BCUT2D eigenvalue weighted by atomic mass is 16.7. The van der Waals surface area contributed by atoms with E-state index in [0.717, 1.165) is 12.8 Å². The SMILES string of the molecule is CCCCOC(=O)OC[C@H]1O[C@@H](n2cc(C)c(=O)[nH]c2=O)C[C@@H]1N=[N+]=[N-]. The van der Waals surface area contributed by atoms with Gasteiger partial charge in [-0.25, -0.2) is 9.59 Å². The van der Waals surface area contributed by atoms with Gasteiger partial charge in [-0.3, -0.25) is 14.3 Å². The minimum Gasteiger partial charge on any atom is -0.434 e. The van der Waals surface area contributed by atoms with Crippen molar-refractivity contribution < 1.29 is 19.0 Å². The van der Waals surface area contributed by atoms with E-state index in [0.29, 0.717) is 5.56 Å². The number of ether oxygens (including phenoxy) is 3. The summed E-state index contributed by atoms with van der Waals surface area (Å²) in [7, 11) is 0. The number of nitrogens with one attached hydrogen (secondary N) is 1. The summed E-state index contributed by atoms with van der Waals surface area (Å²) in [5.41, 5.74) is 7.94. The molecule has 0 unspecified atom stereocenters. The average Bonchev–Trinajstić information content (AvgIpc) is 2.99. The van der Waals surface area contributed by atoms with Crippen molar-refractivity contribution in [3.8, 4) is 0 Å². The molecule has 0 bridgehead atoms. The number of aryl methyl sites for hydroxylation is 1. The quantitative estimate of drug-likeness (QED) is 0.255. The Kier molecular flexibility index (Phi) is 6.81. The molecule has 2 heterocycles. The lowest BCUT2D eigenvalue weighted by Crippen LogP contribution is -2.33. The molecule has 11 nitrogen and oxygen atoms in total. The van der Waals surface area contributed by atoms with Crippen LogP contribution in [0.2, 0.25) is 0 Å². The first-order chi connectivity index (χ1) is 12.5. The predicted molar refractivity (Wildman–Crippen MR) is 89.7 cm³/mol. The van der Waals surface area contributed by atoms with Crippen LogP contribution in [0.15, 0.2) is 20.9 Å². The fourth-order valence-electron chi connectivity index (χ4n) is 2.52. The van der Waals surface area contributed by atoms with Crippen molar-refractivity contribution in [2.75, 3.05) is 13.2 Å². The molecule has 2 rings (SSSR count). The third-order valence-electron chi connectivity index (χ3n) is 3.94. The lowest BCUT2D eigenvalue weighted by Gasteiger charge is -2.16. The highest BCUT2D eigenvalue weighted by molar-refractivity contribution is 5.59. The van der Waals surface area contributed by atoms with E-state index in [1.165, 1.54) is 10.8 Å². The van der Waals surface area contributed by atoms with Crippen LogP contribution in [0.1, 0.15) is 38.0 Å². The number of rotatable bonds is 7. The molecule has 1 N–H and O–H groups in total. The Bertz CT molecular complexity index is 796. The molecule has 0 aliphatic carbocycles. The summed E-state index contributed by atoms with van der Waals surface area (Å²) in [4.78, 5) is 39.9. The van der Waals surface area contributed by atoms with Gasteiger partial charge in [0.05, 0.1) is 12.6 Å². The Labute approximate surface area is 148 Å². The van der Waals surface area contributed by atoms with Gasteiger partial charge in [-0.05, 0) is 18.9 Å². The molecule has 1 aliphatic rings. The van der Waals surface area contributed by atoms with Crippen LogP contribution in [0.5, 0.6) is 0 Å². The molecular formula is C15H21N5O6. The van der Waals surface area contributed by atoms with Crippen molar-refractivity contribution in [1.82, 2.24) is 9.55 Å². The number of aromatic amines is 1. The first-order valence-electron chi connectivity index (χ1n) is 8.27. The summed E-state index contributed by atoms with van der Waals surface area (Å²) in [5, 5.41) is 3.64. The predicted octanol–water partition coefficient (Wildman–Crippen LogP) is 1.76. The van der Waals surface area contributed by atoms with Gasteiger partial charge in [0.15, 0.2) is 0 Å². The van der Waals surface area contributed by atoms with E-state index in [1.807, 2.05) is 6.92 Å². The molecule has 142 valence electrons. The summed E-state index contributed by atoms with van der Waals surface area (Å²) in [6.45, 7) is 3.60. The maximum absolute atomic E-state index is 12.0. The maximum atomic E-state index is 12.0. The zero-order valence-corrected chi connectivity index (χ0v) is 14.6. The molecule has 26 heavy (non-hydrogen) atoms. The molecule has 11 heteroatoms. The van der Waals surface area contributed by atoms with Gasteiger partial charge in [-0.1, -0.05) is 18.5 Å². The molecule has 1 aromatic rings. The van der Waals surface area contributed by atoms with Gasteiger partial charge in [0.1, 0.15) is 18.9 Å².